The molecule has 1 N–H and O–H groups in total. The Morgan fingerprint density at radius 1 is 1.22 bits per heavy atom. The van der Waals surface area contributed by atoms with Gasteiger partial charge in [0.15, 0.2) is 0 Å². The Bertz CT molecular complexity index is 1050. The summed E-state index contributed by atoms with van der Waals surface area (Å²) in [6, 6.07) is 9.18. The summed E-state index contributed by atoms with van der Waals surface area (Å²) in [5.74, 6) is 0. The van der Waals surface area contributed by atoms with Gasteiger partial charge in [-0.2, -0.15) is 11.3 Å². The maximum Gasteiger partial charge on any atom is 0.280 e. The van der Waals surface area contributed by atoms with E-state index >= 15 is 0 Å². The van der Waals surface area contributed by atoms with E-state index in [1.165, 1.54) is 4.68 Å². The summed E-state index contributed by atoms with van der Waals surface area (Å²) in [7, 11) is 0. The molecule has 0 atom stereocenters. The first-order chi connectivity index (χ1) is 11.1. The average Bonchev–Trinajstić information content (AvgIpc) is 3.17. The summed E-state index contributed by atoms with van der Waals surface area (Å²) >= 11 is 7.54. The van der Waals surface area contributed by atoms with E-state index in [9.17, 15) is 4.79 Å². The first-order valence-electron chi connectivity index (χ1n) is 7.04. The Labute approximate surface area is 141 Å². The number of hydrogen-bond acceptors (Lipinski definition) is 3. The molecule has 0 amide bonds. The molecule has 4 nitrogen and oxygen atoms in total. The molecule has 3 aromatic heterocycles. The molecule has 0 aliphatic carbocycles. The van der Waals surface area contributed by atoms with Crippen molar-refractivity contribution in [2.45, 2.75) is 6.92 Å². The largest absolute Gasteiger partial charge is 0.290 e. The lowest BCUT2D eigenvalue weighted by atomic mass is 10.1. The van der Waals surface area contributed by atoms with Crippen molar-refractivity contribution in [3.63, 3.8) is 0 Å². The molecule has 23 heavy (non-hydrogen) atoms. The van der Waals surface area contributed by atoms with Crippen LogP contribution in [0.25, 0.3) is 27.7 Å². The maximum atomic E-state index is 12.7. The van der Waals surface area contributed by atoms with Gasteiger partial charge in [0.1, 0.15) is 0 Å². The van der Waals surface area contributed by atoms with Crippen LogP contribution in [0.3, 0.4) is 0 Å². The summed E-state index contributed by atoms with van der Waals surface area (Å²) in [6.07, 6.45) is 1.63. The molecule has 114 valence electrons. The van der Waals surface area contributed by atoms with Crippen molar-refractivity contribution in [3.8, 4) is 16.8 Å². The lowest BCUT2D eigenvalue weighted by Crippen LogP contribution is -2.14. The Kier molecular flexibility index (Phi) is 3.32. The zero-order valence-electron chi connectivity index (χ0n) is 12.2. The molecule has 0 bridgehead atoms. The number of aryl methyl sites for hydroxylation is 1. The molecule has 0 saturated heterocycles. The number of nitrogens with one attached hydrogen (secondary N) is 1. The lowest BCUT2D eigenvalue weighted by molar-refractivity contribution is 0.864. The second-order valence-corrected chi connectivity index (χ2v) is 6.46. The number of rotatable bonds is 2. The van der Waals surface area contributed by atoms with Gasteiger partial charge in [0.05, 0.1) is 16.6 Å². The van der Waals surface area contributed by atoms with Crippen molar-refractivity contribution in [2.75, 3.05) is 0 Å². The van der Waals surface area contributed by atoms with Crippen LogP contribution < -0.4 is 5.56 Å². The number of hydrogen-bond donors (Lipinski definition) is 1. The van der Waals surface area contributed by atoms with E-state index in [4.69, 9.17) is 11.6 Å². The molecule has 0 fully saturated rings. The first kappa shape index (κ1) is 14.2. The monoisotopic (exact) mass is 341 g/mol. The third-order valence-electron chi connectivity index (χ3n) is 3.82. The van der Waals surface area contributed by atoms with E-state index < -0.39 is 0 Å². The molecule has 0 aliphatic heterocycles. The second kappa shape index (κ2) is 5.37. The number of thiophene rings is 1. The van der Waals surface area contributed by atoms with Crippen LogP contribution >= 0.6 is 22.9 Å². The van der Waals surface area contributed by atoms with E-state index in [2.05, 4.69) is 15.5 Å². The SMILES string of the molecule is Cc1ncc2c(=O)n(-c3ccc(Cl)cc3)[nH]c2c1-c1ccsc1. The molecule has 0 radical (unpaired) electrons. The molecular formula is C17H12ClN3OS. The van der Waals surface area contributed by atoms with Crippen LogP contribution in [0.5, 0.6) is 0 Å². The van der Waals surface area contributed by atoms with E-state index in [1.807, 2.05) is 30.5 Å². The van der Waals surface area contributed by atoms with Gasteiger partial charge < -0.3 is 0 Å². The van der Waals surface area contributed by atoms with Crippen LogP contribution in [0, 0.1) is 6.92 Å². The standard InChI is InChI=1S/C17H12ClN3OS/c1-10-15(11-6-7-23-9-11)16-14(8-19-10)17(22)21(20-16)13-4-2-12(18)3-5-13/h2-9,20H,1H3. The number of halogens is 1. The zero-order valence-corrected chi connectivity index (χ0v) is 13.8. The fourth-order valence-corrected chi connectivity index (χ4v) is 3.47. The molecule has 0 unspecified atom stereocenters. The number of aromatic nitrogens is 3. The molecule has 0 spiro atoms. The van der Waals surface area contributed by atoms with Crippen LogP contribution in [-0.4, -0.2) is 14.8 Å². The fraction of sp³-hybridized carbons (Fsp3) is 0.0588. The molecule has 6 heteroatoms. The fourth-order valence-electron chi connectivity index (χ4n) is 2.70. The topological polar surface area (TPSA) is 50.7 Å². The summed E-state index contributed by atoms with van der Waals surface area (Å²) in [6.45, 7) is 1.95. The number of fused-ring (bicyclic) bond motifs is 1. The third kappa shape index (κ3) is 2.29. The van der Waals surface area contributed by atoms with E-state index in [0.717, 1.165) is 28.0 Å². The van der Waals surface area contributed by atoms with Gasteiger partial charge in [0, 0.05) is 22.5 Å². The highest BCUT2D eigenvalue weighted by Crippen LogP contribution is 2.30. The predicted molar refractivity (Wildman–Crippen MR) is 94.8 cm³/mol. The minimum atomic E-state index is -0.119. The van der Waals surface area contributed by atoms with Crippen molar-refractivity contribution in [3.05, 3.63) is 68.4 Å². The minimum absolute atomic E-state index is 0.119. The Hall–Kier alpha value is -2.37. The Morgan fingerprint density at radius 3 is 2.70 bits per heavy atom. The van der Waals surface area contributed by atoms with Gasteiger partial charge in [-0.15, -0.1) is 0 Å². The van der Waals surface area contributed by atoms with Gasteiger partial charge in [-0.3, -0.25) is 14.9 Å². The van der Waals surface area contributed by atoms with E-state index in [0.29, 0.717) is 10.4 Å². The van der Waals surface area contributed by atoms with Crippen LogP contribution in [0.15, 0.2) is 52.1 Å². The first-order valence-corrected chi connectivity index (χ1v) is 8.36. The van der Waals surface area contributed by atoms with Crippen LogP contribution in [-0.2, 0) is 0 Å². The summed E-state index contributed by atoms with van der Waals surface area (Å²) < 4.78 is 1.53. The van der Waals surface area contributed by atoms with Gasteiger partial charge in [-0.1, -0.05) is 11.6 Å². The van der Waals surface area contributed by atoms with E-state index in [-0.39, 0.29) is 5.56 Å². The number of nitrogens with zero attached hydrogens (tertiary/aromatic N) is 2. The molecule has 4 aromatic rings. The molecule has 0 aliphatic rings. The van der Waals surface area contributed by atoms with Gasteiger partial charge in [-0.25, -0.2) is 4.68 Å². The molecule has 1 aromatic carbocycles. The van der Waals surface area contributed by atoms with Gasteiger partial charge in [0.2, 0.25) is 0 Å². The number of H-pyrrole nitrogens is 1. The molecular weight excluding hydrogens is 330 g/mol. The highest BCUT2D eigenvalue weighted by Gasteiger charge is 2.16. The number of benzene rings is 1. The second-order valence-electron chi connectivity index (χ2n) is 5.25. The van der Waals surface area contributed by atoms with Crippen LogP contribution in [0.4, 0.5) is 0 Å². The van der Waals surface area contributed by atoms with Crippen molar-refractivity contribution >= 4 is 33.8 Å². The lowest BCUT2D eigenvalue weighted by Gasteiger charge is -2.04. The highest BCUT2D eigenvalue weighted by atomic mass is 35.5. The zero-order chi connectivity index (χ0) is 16.0. The normalized spacial score (nSPS) is 11.2. The average molecular weight is 342 g/mol. The number of aromatic amines is 1. The minimum Gasteiger partial charge on any atom is -0.290 e. The van der Waals surface area contributed by atoms with Gasteiger partial charge >= 0.3 is 0 Å². The number of pyridine rings is 1. The van der Waals surface area contributed by atoms with Crippen LogP contribution in [0.2, 0.25) is 5.02 Å². The summed E-state index contributed by atoms with van der Waals surface area (Å²) in [4.78, 5) is 17.1. The van der Waals surface area contributed by atoms with E-state index in [1.54, 1.807) is 29.7 Å². The van der Waals surface area contributed by atoms with Crippen LogP contribution in [0.1, 0.15) is 5.69 Å². The summed E-state index contributed by atoms with van der Waals surface area (Å²) in [5.41, 5.74) is 4.34. The van der Waals surface area contributed by atoms with Gasteiger partial charge in [-0.05, 0) is 53.6 Å². The van der Waals surface area contributed by atoms with Gasteiger partial charge in [0.25, 0.3) is 5.56 Å². The molecule has 4 rings (SSSR count). The molecule has 3 heterocycles. The molecule has 0 saturated carbocycles. The Morgan fingerprint density at radius 2 is 2.00 bits per heavy atom. The quantitative estimate of drug-likeness (QED) is 0.587. The highest BCUT2D eigenvalue weighted by molar-refractivity contribution is 7.08. The summed E-state index contributed by atoms with van der Waals surface area (Å²) in [5, 5.41) is 8.51. The third-order valence-corrected chi connectivity index (χ3v) is 4.76. The smallest absolute Gasteiger partial charge is 0.280 e. The Balaban J connectivity index is 2.03. The van der Waals surface area contributed by atoms with Crippen molar-refractivity contribution in [1.29, 1.82) is 0 Å². The van der Waals surface area contributed by atoms with Crippen molar-refractivity contribution < 1.29 is 0 Å². The van der Waals surface area contributed by atoms with Crippen molar-refractivity contribution in [2.24, 2.45) is 0 Å². The predicted octanol–water partition coefficient (Wildman–Crippen LogP) is 4.40. The maximum absolute atomic E-state index is 12.7. The van der Waals surface area contributed by atoms with Crippen molar-refractivity contribution in [1.82, 2.24) is 14.8 Å².